The summed E-state index contributed by atoms with van der Waals surface area (Å²) >= 11 is 0. The Morgan fingerprint density at radius 1 is 0.897 bits per heavy atom. The maximum Gasteiger partial charge on any atom is 0.274 e. The van der Waals surface area contributed by atoms with Crippen molar-refractivity contribution in [1.82, 2.24) is 15.3 Å². The molecule has 0 fully saturated rings. The molecule has 148 valence electrons. The molecule has 3 amide bonds. The second-order valence-corrected chi connectivity index (χ2v) is 5.79. The SMILES string of the molecule is CNC(=O)c1nc[nH]c1C(=O)Nc1ccc(NC(=O)c2cccc(F)c2F)cc1. The third-order valence-corrected chi connectivity index (χ3v) is 3.91. The highest BCUT2D eigenvalue weighted by Gasteiger charge is 2.19. The Morgan fingerprint density at radius 2 is 1.52 bits per heavy atom. The number of aromatic nitrogens is 2. The number of hydrogen-bond donors (Lipinski definition) is 4. The first kappa shape index (κ1) is 19.7. The fourth-order valence-corrected chi connectivity index (χ4v) is 2.47. The van der Waals surface area contributed by atoms with Crippen molar-refractivity contribution in [2.24, 2.45) is 0 Å². The fourth-order valence-electron chi connectivity index (χ4n) is 2.47. The summed E-state index contributed by atoms with van der Waals surface area (Å²) in [4.78, 5) is 42.5. The maximum atomic E-state index is 13.7. The minimum Gasteiger partial charge on any atom is -0.354 e. The number of amides is 3. The van der Waals surface area contributed by atoms with Gasteiger partial charge < -0.3 is 20.9 Å². The van der Waals surface area contributed by atoms with Crippen LogP contribution < -0.4 is 16.0 Å². The van der Waals surface area contributed by atoms with Crippen LogP contribution in [0.25, 0.3) is 0 Å². The molecule has 0 aliphatic rings. The van der Waals surface area contributed by atoms with E-state index >= 15 is 0 Å². The van der Waals surface area contributed by atoms with E-state index in [0.29, 0.717) is 11.4 Å². The number of rotatable bonds is 5. The van der Waals surface area contributed by atoms with Gasteiger partial charge in [-0.3, -0.25) is 14.4 Å². The van der Waals surface area contributed by atoms with Gasteiger partial charge in [0.1, 0.15) is 5.69 Å². The Morgan fingerprint density at radius 3 is 2.14 bits per heavy atom. The number of H-pyrrole nitrogens is 1. The van der Waals surface area contributed by atoms with Gasteiger partial charge in [-0.2, -0.15) is 0 Å². The summed E-state index contributed by atoms with van der Waals surface area (Å²) in [5.74, 6) is -4.27. The number of nitrogens with one attached hydrogen (secondary N) is 4. The molecule has 0 atom stereocenters. The lowest BCUT2D eigenvalue weighted by Gasteiger charge is -2.09. The molecule has 3 rings (SSSR count). The molecule has 3 aromatic rings. The molecule has 0 bridgehead atoms. The van der Waals surface area contributed by atoms with Gasteiger partial charge in [0, 0.05) is 18.4 Å². The highest BCUT2D eigenvalue weighted by Crippen LogP contribution is 2.18. The average molecular weight is 399 g/mol. The van der Waals surface area contributed by atoms with Crippen LogP contribution in [-0.2, 0) is 0 Å². The molecule has 0 saturated heterocycles. The minimum absolute atomic E-state index is 0.0108. The van der Waals surface area contributed by atoms with Crippen molar-refractivity contribution in [2.45, 2.75) is 0 Å². The fraction of sp³-hybridized carbons (Fsp3) is 0.0526. The zero-order valence-corrected chi connectivity index (χ0v) is 15.0. The molecular formula is C19H15F2N5O3. The zero-order chi connectivity index (χ0) is 21.0. The quantitative estimate of drug-likeness (QED) is 0.528. The highest BCUT2D eigenvalue weighted by atomic mass is 19.2. The molecule has 1 aromatic heterocycles. The van der Waals surface area contributed by atoms with Crippen molar-refractivity contribution in [3.05, 3.63) is 77.4 Å². The number of aromatic amines is 1. The standard InChI is InChI=1S/C19H15F2N5O3/c1-22-18(28)15-16(24-9-23-15)19(29)26-11-7-5-10(6-8-11)25-17(27)12-3-2-4-13(20)14(12)21/h2-9H,1H3,(H,22,28)(H,23,24)(H,25,27)(H,26,29). The summed E-state index contributed by atoms with van der Waals surface area (Å²) in [5.41, 5.74) is 0.198. The van der Waals surface area contributed by atoms with E-state index in [2.05, 4.69) is 25.9 Å². The Labute approximate surface area is 163 Å². The predicted molar refractivity (Wildman–Crippen MR) is 101 cm³/mol. The number of carbonyl (C=O) groups excluding carboxylic acids is 3. The number of anilines is 2. The lowest BCUT2D eigenvalue weighted by molar-refractivity contribution is 0.0943. The van der Waals surface area contributed by atoms with E-state index in [9.17, 15) is 23.2 Å². The minimum atomic E-state index is -1.24. The molecule has 0 spiro atoms. The van der Waals surface area contributed by atoms with Gasteiger partial charge in [-0.1, -0.05) is 6.07 Å². The Hall–Kier alpha value is -4.08. The molecule has 1 heterocycles. The van der Waals surface area contributed by atoms with Gasteiger partial charge in [0.15, 0.2) is 17.3 Å². The highest BCUT2D eigenvalue weighted by molar-refractivity contribution is 6.10. The summed E-state index contributed by atoms with van der Waals surface area (Å²) in [5, 5.41) is 7.40. The third kappa shape index (κ3) is 4.26. The second-order valence-electron chi connectivity index (χ2n) is 5.79. The van der Waals surface area contributed by atoms with Crippen LogP contribution in [0.15, 0.2) is 48.8 Å². The molecule has 0 saturated carbocycles. The number of hydrogen-bond acceptors (Lipinski definition) is 4. The number of halogens is 2. The van der Waals surface area contributed by atoms with Gasteiger partial charge in [0.05, 0.1) is 11.9 Å². The largest absolute Gasteiger partial charge is 0.354 e. The van der Waals surface area contributed by atoms with Crippen molar-refractivity contribution in [1.29, 1.82) is 0 Å². The molecule has 29 heavy (non-hydrogen) atoms. The number of carbonyl (C=O) groups is 3. The monoisotopic (exact) mass is 399 g/mol. The summed E-state index contributed by atoms with van der Waals surface area (Å²) in [6, 6.07) is 9.23. The van der Waals surface area contributed by atoms with Crippen LogP contribution in [0, 0.1) is 11.6 Å². The van der Waals surface area contributed by atoms with E-state index in [-0.39, 0.29) is 11.4 Å². The van der Waals surface area contributed by atoms with Crippen LogP contribution in [0.3, 0.4) is 0 Å². The summed E-state index contributed by atoms with van der Waals surface area (Å²) < 4.78 is 26.9. The second kappa shape index (κ2) is 8.30. The van der Waals surface area contributed by atoms with Crippen LogP contribution in [0.2, 0.25) is 0 Å². The molecule has 10 heteroatoms. The van der Waals surface area contributed by atoms with Crippen LogP contribution in [0.5, 0.6) is 0 Å². The molecule has 2 aromatic carbocycles. The summed E-state index contributed by atoms with van der Waals surface area (Å²) in [7, 11) is 1.42. The van der Waals surface area contributed by atoms with E-state index < -0.39 is 34.9 Å². The molecule has 0 aliphatic carbocycles. The average Bonchev–Trinajstić information content (AvgIpc) is 3.21. The first-order valence-electron chi connectivity index (χ1n) is 8.33. The molecule has 4 N–H and O–H groups in total. The van der Waals surface area contributed by atoms with Gasteiger partial charge in [0.2, 0.25) is 0 Å². The molecular weight excluding hydrogens is 384 g/mol. The van der Waals surface area contributed by atoms with Gasteiger partial charge in [-0.15, -0.1) is 0 Å². The molecule has 0 aliphatic heterocycles. The summed E-state index contributed by atoms with van der Waals surface area (Å²) in [6.45, 7) is 0. The molecule has 0 unspecified atom stereocenters. The number of benzene rings is 2. The van der Waals surface area contributed by atoms with Crippen molar-refractivity contribution >= 4 is 29.1 Å². The van der Waals surface area contributed by atoms with E-state index in [1.165, 1.54) is 43.7 Å². The van der Waals surface area contributed by atoms with Gasteiger partial charge in [-0.05, 0) is 36.4 Å². The Balaban J connectivity index is 1.68. The van der Waals surface area contributed by atoms with Gasteiger partial charge >= 0.3 is 0 Å². The van der Waals surface area contributed by atoms with Crippen LogP contribution in [0.4, 0.5) is 20.2 Å². The normalized spacial score (nSPS) is 10.3. The van der Waals surface area contributed by atoms with Crippen molar-refractivity contribution in [3.63, 3.8) is 0 Å². The Bertz CT molecular complexity index is 1080. The maximum absolute atomic E-state index is 13.7. The topological polar surface area (TPSA) is 116 Å². The van der Waals surface area contributed by atoms with Crippen molar-refractivity contribution < 1.29 is 23.2 Å². The van der Waals surface area contributed by atoms with E-state index in [0.717, 1.165) is 12.1 Å². The van der Waals surface area contributed by atoms with Crippen LogP contribution in [0.1, 0.15) is 31.3 Å². The predicted octanol–water partition coefficient (Wildman–Crippen LogP) is 2.55. The lowest BCUT2D eigenvalue weighted by atomic mass is 10.2. The molecule has 8 nitrogen and oxygen atoms in total. The first-order chi connectivity index (χ1) is 13.9. The third-order valence-electron chi connectivity index (χ3n) is 3.91. The summed E-state index contributed by atoms with van der Waals surface area (Å²) in [6.07, 6.45) is 1.23. The molecule has 0 radical (unpaired) electrons. The lowest BCUT2D eigenvalue weighted by Crippen LogP contribution is -2.23. The van der Waals surface area contributed by atoms with Crippen molar-refractivity contribution in [3.8, 4) is 0 Å². The van der Waals surface area contributed by atoms with E-state index in [4.69, 9.17) is 0 Å². The van der Waals surface area contributed by atoms with Gasteiger partial charge in [0.25, 0.3) is 17.7 Å². The zero-order valence-electron chi connectivity index (χ0n) is 15.0. The number of nitrogens with zero attached hydrogens (tertiary/aromatic N) is 1. The van der Waals surface area contributed by atoms with Crippen molar-refractivity contribution in [2.75, 3.05) is 17.7 Å². The number of imidazole rings is 1. The first-order valence-corrected chi connectivity index (χ1v) is 8.33. The van der Waals surface area contributed by atoms with E-state index in [1.54, 1.807) is 0 Å². The van der Waals surface area contributed by atoms with Crippen LogP contribution >= 0.6 is 0 Å². The smallest absolute Gasteiger partial charge is 0.274 e. The van der Waals surface area contributed by atoms with Crippen LogP contribution in [-0.4, -0.2) is 34.7 Å². The van der Waals surface area contributed by atoms with Gasteiger partial charge in [-0.25, -0.2) is 13.8 Å². The Kier molecular flexibility index (Phi) is 5.63. The van der Waals surface area contributed by atoms with E-state index in [1.807, 2.05) is 0 Å².